The Morgan fingerprint density at radius 3 is 2.15 bits per heavy atom. The molecule has 0 bridgehead atoms. The molecule has 4 aliphatic carbocycles. The van der Waals surface area contributed by atoms with E-state index in [1.54, 1.807) is 6.92 Å². The van der Waals surface area contributed by atoms with Crippen LogP contribution in [0.1, 0.15) is 92.9 Å². The predicted octanol–water partition coefficient (Wildman–Crippen LogP) is -0.837. The lowest BCUT2D eigenvalue weighted by atomic mass is 9.40. The summed E-state index contributed by atoms with van der Waals surface area (Å²) >= 11 is 0. The monoisotopic (exact) mass is 842 g/mol. The number of hydrogen-bond acceptors (Lipinski definition) is 17. The highest BCUT2D eigenvalue weighted by atomic mass is 16.7. The molecule has 0 spiro atoms. The van der Waals surface area contributed by atoms with Gasteiger partial charge >= 0.3 is 11.9 Å². The molecule has 0 radical (unpaired) electrons. The van der Waals surface area contributed by atoms with Crippen molar-refractivity contribution in [1.29, 1.82) is 0 Å². The minimum absolute atomic E-state index is 0.00188. The zero-order chi connectivity index (χ0) is 43.4. The molecule has 3 saturated carbocycles. The van der Waals surface area contributed by atoms with Crippen LogP contribution in [0.25, 0.3) is 0 Å². The normalized spacial score (nSPS) is 51.8. The average molecular weight is 843 g/mol. The van der Waals surface area contributed by atoms with Gasteiger partial charge in [0.2, 0.25) is 6.29 Å². The highest BCUT2D eigenvalue weighted by Gasteiger charge is 2.69. The molecule has 21 atom stereocenters. The highest BCUT2D eigenvalue weighted by Crippen LogP contribution is 2.74. The van der Waals surface area contributed by atoms with Crippen LogP contribution >= 0.6 is 0 Å². The first kappa shape index (κ1) is 45.2. The van der Waals surface area contributed by atoms with Crippen molar-refractivity contribution in [3.8, 4) is 0 Å². The molecule has 7 rings (SSSR count). The molecular formula is C42H66O17. The van der Waals surface area contributed by atoms with E-state index in [1.807, 2.05) is 0 Å². The van der Waals surface area contributed by atoms with Crippen molar-refractivity contribution in [1.82, 2.24) is 0 Å². The van der Waals surface area contributed by atoms with Gasteiger partial charge in [0.15, 0.2) is 6.29 Å². The summed E-state index contributed by atoms with van der Waals surface area (Å²) in [6.07, 6.45) is -12.9. The van der Waals surface area contributed by atoms with Crippen LogP contribution in [0.2, 0.25) is 0 Å². The Kier molecular flexibility index (Phi) is 12.1. The summed E-state index contributed by atoms with van der Waals surface area (Å²) in [5.41, 5.74) is -2.62. The number of aliphatic hydroxyl groups is 10. The number of carbonyl (C=O) groups is 2. The third-order valence-electron chi connectivity index (χ3n) is 16.8. The minimum Gasteiger partial charge on any atom is -0.459 e. The number of allylic oxidation sites excluding steroid dienone is 2. The summed E-state index contributed by atoms with van der Waals surface area (Å²) in [4.78, 5) is 27.8. The van der Waals surface area contributed by atoms with Gasteiger partial charge in [-0.1, -0.05) is 32.4 Å². The molecule has 17 heteroatoms. The Hall–Kier alpha value is -1.84. The van der Waals surface area contributed by atoms with E-state index in [-0.39, 0.29) is 28.6 Å². The molecule has 0 aromatic rings. The molecule has 0 aromatic carbocycles. The lowest BCUT2D eigenvalue weighted by Crippen LogP contribution is -2.65. The maximum Gasteiger partial charge on any atom is 0.317 e. The lowest BCUT2D eigenvalue weighted by Gasteiger charge is -2.64. The second-order valence-corrected chi connectivity index (χ2v) is 20.1. The predicted molar refractivity (Wildman–Crippen MR) is 202 cm³/mol. The SMILES string of the molecule is CC(C)(O)[C@@H](O)C1C[C@@H]([C@@H]2CC[C@]3(C)C4=CC[C@@H]5[C@](C)(CC[C@@H](O)[C@]5(C)C(=O)O[C@@H]5O[C@H](CO)[C@@H](O[C@@H]6O[C@H](CO)[C@@H](O)[C@H](O)[C@H]6O)[C@H](O)[C@H]5O)[C@H]4CC[C@@]23C)C(=O)O1. The van der Waals surface area contributed by atoms with E-state index in [4.69, 9.17) is 23.7 Å². The number of aliphatic hydroxyl groups excluding tert-OH is 9. The molecule has 3 aliphatic heterocycles. The summed E-state index contributed by atoms with van der Waals surface area (Å²) < 4.78 is 28.3. The maximum absolute atomic E-state index is 14.5. The topological polar surface area (TPSA) is 283 Å². The number of ether oxygens (including phenoxy) is 5. The van der Waals surface area contributed by atoms with Crippen molar-refractivity contribution in [2.24, 2.45) is 45.3 Å². The molecule has 3 saturated heterocycles. The van der Waals surface area contributed by atoms with Crippen LogP contribution in [0.3, 0.4) is 0 Å². The quantitative estimate of drug-likeness (QED) is 0.100. The van der Waals surface area contributed by atoms with Crippen LogP contribution in [0.5, 0.6) is 0 Å². The molecule has 10 N–H and O–H groups in total. The Bertz CT molecular complexity index is 1610. The number of hydrogen-bond donors (Lipinski definition) is 10. The number of cyclic esters (lactones) is 1. The zero-order valence-corrected chi connectivity index (χ0v) is 34.8. The Labute approximate surface area is 344 Å². The van der Waals surface area contributed by atoms with E-state index in [0.717, 1.165) is 25.7 Å². The van der Waals surface area contributed by atoms with Gasteiger partial charge in [-0.05, 0) is 99.7 Å². The van der Waals surface area contributed by atoms with Gasteiger partial charge in [0, 0.05) is 6.42 Å². The van der Waals surface area contributed by atoms with Gasteiger partial charge in [0.05, 0.1) is 36.3 Å². The number of rotatable bonds is 9. The fourth-order valence-electron chi connectivity index (χ4n) is 12.9. The van der Waals surface area contributed by atoms with Gasteiger partial charge in [0.1, 0.15) is 61.0 Å². The van der Waals surface area contributed by atoms with Crippen molar-refractivity contribution in [2.45, 2.75) is 178 Å². The summed E-state index contributed by atoms with van der Waals surface area (Å²) in [6, 6.07) is 0. The minimum atomic E-state index is -1.93. The van der Waals surface area contributed by atoms with Crippen molar-refractivity contribution in [2.75, 3.05) is 13.2 Å². The van der Waals surface area contributed by atoms with Crippen LogP contribution in [0.4, 0.5) is 0 Å². The molecule has 336 valence electrons. The average Bonchev–Trinajstić information content (AvgIpc) is 3.70. The van der Waals surface area contributed by atoms with Gasteiger partial charge in [-0.2, -0.15) is 0 Å². The Morgan fingerprint density at radius 2 is 1.51 bits per heavy atom. The van der Waals surface area contributed by atoms with Crippen LogP contribution in [-0.2, 0) is 33.3 Å². The molecule has 0 aromatic heterocycles. The van der Waals surface area contributed by atoms with Crippen LogP contribution in [0, 0.1) is 45.3 Å². The standard InChI is InChI=1S/C42H66O17/c1-38(2,54)33(51)22-15-18(34(52)55-22)19-9-13-41(5)21-7-8-25-39(3,20(21)10-14-40(19,41)4)12-11-26(45)42(25,6)37(53)59-36-31(50)29(48)32(24(17-44)57-36)58-35-30(49)28(47)27(46)23(16-43)56-35/h7,18-20,22-33,35-36,43-51,54H,8-17H2,1-6H3/t18-,19-,20-,22?,23+,24+,25+,26+,27+,28-,29+,30+,31+,32+,33-,35-,36-,39+,40-,41+,42+/m0/s1. The summed E-state index contributed by atoms with van der Waals surface area (Å²) in [6.45, 7) is 9.82. The maximum atomic E-state index is 14.5. The van der Waals surface area contributed by atoms with E-state index in [0.29, 0.717) is 25.7 Å². The highest BCUT2D eigenvalue weighted by molar-refractivity contribution is 5.78. The number of fused-ring (bicyclic) bond motifs is 5. The summed E-state index contributed by atoms with van der Waals surface area (Å²) in [5.74, 6) is -1.95. The molecule has 3 heterocycles. The fourth-order valence-corrected chi connectivity index (χ4v) is 12.9. The number of carbonyl (C=O) groups excluding carboxylic acids is 2. The van der Waals surface area contributed by atoms with Gasteiger partial charge < -0.3 is 74.7 Å². The van der Waals surface area contributed by atoms with Gasteiger partial charge in [-0.25, -0.2) is 0 Å². The van der Waals surface area contributed by atoms with Gasteiger partial charge in [0.25, 0.3) is 0 Å². The number of esters is 2. The summed E-state index contributed by atoms with van der Waals surface area (Å²) in [5, 5.41) is 106. The van der Waals surface area contributed by atoms with Crippen molar-refractivity contribution in [3.63, 3.8) is 0 Å². The molecule has 0 amide bonds. The summed E-state index contributed by atoms with van der Waals surface area (Å²) in [7, 11) is 0. The van der Waals surface area contributed by atoms with Crippen LogP contribution in [0.15, 0.2) is 11.6 Å². The van der Waals surface area contributed by atoms with E-state index in [9.17, 15) is 60.7 Å². The third kappa shape index (κ3) is 6.93. The van der Waals surface area contributed by atoms with Crippen molar-refractivity contribution >= 4 is 11.9 Å². The Morgan fingerprint density at radius 1 is 0.864 bits per heavy atom. The molecule has 6 fully saturated rings. The van der Waals surface area contributed by atoms with Crippen molar-refractivity contribution < 1.29 is 84.3 Å². The second-order valence-electron chi connectivity index (χ2n) is 20.1. The van der Waals surface area contributed by atoms with E-state index < -0.39 is 127 Å². The third-order valence-corrected chi connectivity index (χ3v) is 16.8. The first-order valence-electron chi connectivity index (χ1n) is 21.3. The first-order valence-corrected chi connectivity index (χ1v) is 21.3. The van der Waals surface area contributed by atoms with E-state index >= 15 is 0 Å². The smallest absolute Gasteiger partial charge is 0.317 e. The largest absolute Gasteiger partial charge is 0.459 e. The van der Waals surface area contributed by atoms with Gasteiger partial charge in [-0.15, -0.1) is 0 Å². The Balaban J connectivity index is 1.08. The van der Waals surface area contributed by atoms with E-state index in [2.05, 4.69) is 26.8 Å². The lowest BCUT2D eigenvalue weighted by molar-refractivity contribution is -0.357. The van der Waals surface area contributed by atoms with Crippen LogP contribution in [-0.4, -0.2) is 162 Å². The second kappa shape index (κ2) is 15.7. The molecule has 1 unspecified atom stereocenters. The fraction of sp³-hybridized carbons (Fsp3) is 0.905. The molecule has 17 nitrogen and oxygen atoms in total. The zero-order valence-electron chi connectivity index (χ0n) is 34.8. The first-order chi connectivity index (χ1) is 27.5. The molecule has 59 heavy (non-hydrogen) atoms. The molecule has 7 aliphatic rings. The molecular weight excluding hydrogens is 776 g/mol. The van der Waals surface area contributed by atoms with Crippen molar-refractivity contribution in [3.05, 3.63) is 11.6 Å². The van der Waals surface area contributed by atoms with Crippen LogP contribution < -0.4 is 0 Å². The van der Waals surface area contributed by atoms with Gasteiger partial charge in [-0.3, -0.25) is 9.59 Å². The van der Waals surface area contributed by atoms with E-state index in [1.165, 1.54) is 19.4 Å².